The Morgan fingerprint density at radius 1 is 0.704 bits per heavy atom. The van der Waals surface area contributed by atoms with Crippen molar-refractivity contribution >= 4 is 29.2 Å². The first-order valence-corrected chi connectivity index (χ1v) is 9.94. The fraction of sp³-hybridized carbons (Fsp3) is 0.231. The average molecular weight is 354 g/mol. The molecule has 1 aliphatic rings. The normalized spacial score (nSPS) is 12.5. The van der Waals surface area contributed by atoms with Crippen molar-refractivity contribution in [1.82, 2.24) is 0 Å². The zero-order valence-corrected chi connectivity index (χ0v) is 16.5. The van der Waals surface area contributed by atoms with E-state index < -0.39 is 0 Å². The topological polar surface area (TPSA) is 3.24 Å². The van der Waals surface area contributed by atoms with E-state index in [9.17, 15) is 0 Å². The zero-order valence-electron chi connectivity index (χ0n) is 16.5. The van der Waals surface area contributed by atoms with E-state index >= 15 is 0 Å². The van der Waals surface area contributed by atoms with E-state index in [0.717, 1.165) is 6.42 Å². The molecule has 0 saturated heterocycles. The molecule has 0 aliphatic carbocycles. The highest BCUT2D eigenvalue weighted by Crippen LogP contribution is 2.42. The lowest BCUT2D eigenvalue weighted by Gasteiger charge is -2.27. The number of aryl methyl sites for hydroxylation is 3. The van der Waals surface area contributed by atoms with Gasteiger partial charge in [-0.1, -0.05) is 60.9 Å². The minimum Gasteiger partial charge on any atom is -0.309 e. The highest BCUT2D eigenvalue weighted by molar-refractivity contribution is 5.93. The Labute approximate surface area is 163 Å². The summed E-state index contributed by atoms with van der Waals surface area (Å²) in [5, 5.41) is 0. The molecule has 136 valence electrons. The van der Waals surface area contributed by atoms with Crippen molar-refractivity contribution < 1.29 is 0 Å². The van der Waals surface area contributed by atoms with E-state index in [1.54, 1.807) is 0 Å². The quantitative estimate of drug-likeness (QED) is 0.365. The van der Waals surface area contributed by atoms with Crippen LogP contribution in [0, 0.1) is 13.8 Å². The molecule has 0 spiro atoms. The standard InChI is InChI=1S/C26H27N/c1-4-5-6-21-10-16-26-23(18-21)12-11-22-17-20(3)9-15-25(22)27(26)24-13-7-19(2)8-14-24/h7-18H,4-6H2,1-3H3. The number of nitrogens with zero attached hydrogens (tertiary/aromatic N) is 1. The Morgan fingerprint density at radius 3 is 2.04 bits per heavy atom. The van der Waals surface area contributed by atoms with Gasteiger partial charge in [0, 0.05) is 5.69 Å². The monoisotopic (exact) mass is 353 g/mol. The van der Waals surface area contributed by atoms with Gasteiger partial charge in [0.1, 0.15) is 0 Å². The molecule has 0 N–H and O–H groups in total. The summed E-state index contributed by atoms with van der Waals surface area (Å²) in [6.07, 6.45) is 8.15. The number of hydrogen-bond acceptors (Lipinski definition) is 1. The molecule has 1 aliphatic heterocycles. The number of hydrogen-bond donors (Lipinski definition) is 0. The Balaban J connectivity index is 1.88. The second kappa shape index (κ2) is 7.44. The van der Waals surface area contributed by atoms with Crippen molar-refractivity contribution in [2.24, 2.45) is 0 Å². The SMILES string of the molecule is CCCCc1ccc2c(c1)C=Cc1cc(C)ccc1N2c1ccc(C)cc1. The van der Waals surface area contributed by atoms with Gasteiger partial charge in [-0.2, -0.15) is 0 Å². The van der Waals surface area contributed by atoms with Crippen LogP contribution in [-0.4, -0.2) is 0 Å². The number of unbranched alkanes of at least 4 members (excludes halogenated alkanes) is 1. The summed E-state index contributed by atoms with van der Waals surface area (Å²) in [5.74, 6) is 0. The second-order valence-electron chi connectivity index (χ2n) is 7.56. The molecule has 1 heteroatoms. The molecule has 0 bridgehead atoms. The minimum absolute atomic E-state index is 1.15. The second-order valence-corrected chi connectivity index (χ2v) is 7.56. The molecule has 0 fully saturated rings. The van der Waals surface area contributed by atoms with Crippen LogP contribution in [0.5, 0.6) is 0 Å². The van der Waals surface area contributed by atoms with Gasteiger partial charge in [0.05, 0.1) is 11.4 Å². The van der Waals surface area contributed by atoms with Gasteiger partial charge >= 0.3 is 0 Å². The van der Waals surface area contributed by atoms with Crippen LogP contribution in [0.2, 0.25) is 0 Å². The van der Waals surface area contributed by atoms with Crippen molar-refractivity contribution in [1.29, 1.82) is 0 Å². The fourth-order valence-electron chi connectivity index (χ4n) is 3.77. The largest absolute Gasteiger partial charge is 0.309 e. The van der Waals surface area contributed by atoms with Crippen molar-refractivity contribution in [3.05, 3.63) is 88.5 Å². The van der Waals surface area contributed by atoms with Crippen LogP contribution < -0.4 is 4.90 Å². The summed E-state index contributed by atoms with van der Waals surface area (Å²) < 4.78 is 0. The van der Waals surface area contributed by atoms with Crippen LogP contribution in [0.25, 0.3) is 12.2 Å². The first-order valence-electron chi connectivity index (χ1n) is 9.94. The van der Waals surface area contributed by atoms with E-state index in [4.69, 9.17) is 0 Å². The summed E-state index contributed by atoms with van der Waals surface area (Å²) in [6, 6.07) is 22.5. The van der Waals surface area contributed by atoms with Crippen LogP contribution >= 0.6 is 0 Å². The first kappa shape index (κ1) is 17.6. The molecule has 0 aromatic heterocycles. The maximum Gasteiger partial charge on any atom is 0.0534 e. The molecule has 1 heterocycles. The molecule has 0 saturated carbocycles. The number of rotatable bonds is 4. The highest BCUT2D eigenvalue weighted by Gasteiger charge is 2.20. The third kappa shape index (κ3) is 3.55. The lowest BCUT2D eigenvalue weighted by Crippen LogP contribution is -2.12. The smallest absolute Gasteiger partial charge is 0.0534 e. The van der Waals surface area contributed by atoms with E-state index in [-0.39, 0.29) is 0 Å². The maximum absolute atomic E-state index is 2.40. The molecule has 0 amide bonds. The Hall–Kier alpha value is -2.80. The van der Waals surface area contributed by atoms with Crippen molar-refractivity contribution in [3.8, 4) is 0 Å². The molecule has 3 aromatic rings. The summed E-state index contributed by atoms with van der Waals surface area (Å²) in [6.45, 7) is 6.55. The molecule has 0 atom stereocenters. The van der Waals surface area contributed by atoms with E-state index in [0.29, 0.717) is 0 Å². The predicted molar refractivity (Wildman–Crippen MR) is 118 cm³/mol. The van der Waals surface area contributed by atoms with Crippen LogP contribution in [0.1, 0.15) is 47.6 Å². The lowest BCUT2D eigenvalue weighted by molar-refractivity contribution is 0.795. The Morgan fingerprint density at radius 2 is 1.33 bits per heavy atom. The van der Waals surface area contributed by atoms with E-state index in [1.165, 1.54) is 57.7 Å². The van der Waals surface area contributed by atoms with Gasteiger partial charge in [-0.15, -0.1) is 0 Å². The summed E-state index contributed by atoms with van der Waals surface area (Å²) in [7, 11) is 0. The van der Waals surface area contributed by atoms with Crippen LogP contribution in [-0.2, 0) is 6.42 Å². The maximum atomic E-state index is 2.40. The van der Waals surface area contributed by atoms with Gasteiger partial charge in [0.15, 0.2) is 0 Å². The fourth-order valence-corrected chi connectivity index (χ4v) is 3.77. The predicted octanol–water partition coefficient (Wildman–Crippen LogP) is 7.60. The zero-order chi connectivity index (χ0) is 18.8. The van der Waals surface area contributed by atoms with Gasteiger partial charge < -0.3 is 4.90 Å². The van der Waals surface area contributed by atoms with Crippen molar-refractivity contribution in [2.75, 3.05) is 4.90 Å². The van der Waals surface area contributed by atoms with E-state index in [1.807, 2.05) is 0 Å². The average Bonchev–Trinajstić information content (AvgIpc) is 2.83. The lowest BCUT2D eigenvalue weighted by atomic mass is 10.0. The third-order valence-electron chi connectivity index (χ3n) is 5.31. The molecular weight excluding hydrogens is 326 g/mol. The molecule has 27 heavy (non-hydrogen) atoms. The van der Waals surface area contributed by atoms with Gasteiger partial charge in [0.25, 0.3) is 0 Å². The van der Waals surface area contributed by atoms with Gasteiger partial charge in [-0.05, 0) is 79.8 Å². The van der Waals surface area contributed by atoms with Crippen LogP contribution in [0.4, 0.5) is 17.1 Å². The van der Waals surface area contributed by atoms with E-state index in [2.05, 4.69) is 98.5 Å². The highest BCUT2D eigenvalue weighted by atomic mass is 15.1. The van der Waals surface area contributed by atoms with Crippen molar-refractivity contribution in [3.63, 3.8) is 0 Å². The number of anilines is 3. The minimum atomic E-state index is 1.15. The third-order valence-corrected chi connectivity index (χ3v) is 5.31. The Bertz CT molecular complexity index is 980. The molecule has 0 radical (unpaired) electrons. The Kier molecular flexibility index (Phi) is 4.85. The summed E-state index contributed by atoms with van der Waals surface area (Å²) >= 11 is 0. The molecule has 3 aromatic carbocycles. The molecule has 4 rings (SSSR count). The molecular formula is C26H27N. The van der Waals surface area contributed by atoms with Crippen LogP contribution in [0.15, 0.2) is 60.7 Å². The first-order chi connectivity index (χ1) is 13.2. The van der Waals surface area contributed by atoms with Gasteiger partial charge in [-0.3, -0.25) is 0 Å². The van der Waals surface area contributed by atoms with Gasteiger partial charge in [0.2, 0.25) is 0 Å². The number of fused-ring (bicyclic) bond motifs is 2. The molecule has 0 unspecified atom stereocenters. The summed E-state index contributed by atoms with van der Waals surface area (Å²) in [4.78, 5) is 2.40. The number of benzene rings is 3. The van der Waals surface area contributed by atoms with Gasteiger partial charge in [-0.25, -0.2) is 0 Å². The van der Waals surface area contributed by atoms with Crippen LogP contribution in [0.3, 0.4) is 0 Å². The van der Waals surface area contributed by atoms with Crippen molar-refractivity contribution in [2.45, 2.75) is 40.0 Å². The summed E-state index contributed by atoms with van der Waals surface area (Å²) in [5.41, 5.74) is 10.2. The molecule has 1 nitrogen and oxygen atoms in total.